The highest BCUT2D eigenvalue weighted by Gasteiger charge is 2.17. The lowest BCUT2D eigenvalue weighted by molar-refractivity contribution is 0.0562. The molecule has 4 heteroatoms. The first-order valence-electron chi connectivity index (χ1n) is 8.03. The molecule has 1 heterocycles. The van der Waals surface area contributed by atoms with Gasteiger partial charge in [-0.1, -0.05) is 12.1 Å². The van der Waals surface area contributed by atoms with Crippen molar-refractivity contribution in [1.82, 2.24) is 4.90 Å². The molecule has 1 saturated heterocycles. The molecule has 0 unspecified atom stereocenters. The van der Waals surface area contributed by atoms with E-state index in [1.54, 1.807) is 0 Å². The van der Waals surface area contributed by atoms with Gasteiger partial charge in [-0.3, -0.25) is 4.90 Å². The third-order valence-corrected chi connectivity index (χ3v) is 4.27. The molecular formula is C17H25NO3. The maximum absolute atomic E-state index is 9.75. The molecule has 21 heavy (non-hydrogen) atoms. The van der Waals surface area contributed by atoms with Crippen molar-refractivity contribution in [2.75, 3.05) is 26.3 Å². The summed E-state index contributed by atoms with van der Waals surface area (Å²) in [5.74, 6) is 0.977. The molecule has 0 spiro atoms. The summed E-state index contributed by atoms with van der Waals surface area (Å²) in [6.07, 6.45) is 5.00. The number of aliphatic hydroxyl groups excluding tert-OH is 1. The average Bonchev–Trinajstić information content (AvgIpc) is 2.90. The van der Waals surface area contributed by atoms with Crippen molar-refractivity contribution >= 4 is 0 Å². The zero-order valence-corrected chi connectivity index (χ0v) is 12.5. The standard InChI is InChI=1S/C17H25NO3/c19-15-12-18(9-10-20-13-15)11-14-5-7-17(8-6-14)21-16-3-1-2-4-16/h5-8,15-16,19H,1-4,9-13H2/t15-/m0/s1. The van der Waals surface area contributed by atoms with E-state index in [4.69, 9.17) is 9.47 Å². The van der Waals surface area contributed by atoms with E-state index in [9.17, 15) is 5.11 Å². The Morgan fingerprint density at radius 3 is 2.71 bits per heavy atom. The number of benzene rings is 1. The number of hydrogen-bond donors (Lipinski definition) is 1. The van der Waals surface area contributed by atoms with Crippen molar-refractivity contribution in [2.24, 2.45) is 0 Å². The fraction of sp³-hybridized carbons (Fsp3) is 0.647. The lowest BCUT2D eigenvalue weighted by atomic mass is 10.2. The number of nitrogens with zero attached hydrogens (tertiary/aromatic N) is 1. The summed E-state index contributed by atoms with van der Waals surface area (Å²) in [5.41, 5.74) is 1.25. The smallest absolute Gasteiger partial charge is 0.119 e. The van der Waals surface area contributed by atoms with Crippen LogP contribution in [0, 0.1) is 0 Å². The summed E-state index contributed by atoms with van der Waals surface area (Å²) in [7, 11) is 0. The van der Waals surface area contributed by atoms with Crippen molar-refractivity contribution < 1.29 is 14.6 Å². The normalized spacial score (nSPS) is 24.9. The van der Waals surface area contributed by atoms with Gasteiger partial charge in [-0.25, -0.2) is 0 Å². The number of rotatable bonds is 4. The maximum Gasteiger partial charge on any atom is 0.119 e. The number of aliphatic hydroxyl groups is 1. The molecule has 1 aromatic rings. The van der Waals surface area contributed by atoms with Gasteiger partial charge in [0.1, 0.15) is 5.75 Å². The summed E-state index contributed by atoms with van der Waals surface area (Å²) >= 11 is 0. The van der Waals surface area contributed by atoms with Crippen molar-refractivity contribution in [1.29, 1.82) is 0 Å². The highest BCUT2D eigenvalue weighted by molar-refractivity contribution is 5.27. The van der Waals surface area contributed by atoms with Crippen LogP contribution in [0.15, 0.2) is 24.3 Å². The van der Waals surface area contributed by atoms with Crippen molar-refractivity contribution in [3.63, 3.8) is 0 Å². The second kappa shape index (κ2) is 7.25. The minimum Gasteiger partial charge on any atom is -0.490 e. The van der Waals surface area contributed by atoms with Gasteiger partial charge >= 0.3 is 0 Å². The van der Waals surface area contributed by atoms with Crippen LogP contribution < -0.4 is 4.74 Å². The van der Waals surface area contributed by atoms with Gasteiger partial charge in [-0.2, -0.15) is 0 Å². The summed E-state index contributed by atoms with van der Waals surface area (Å²) in [5, 5.41) is 9.75. The molecule has 0 aromatic heterocycles. The second-order valence-corrected chi connectivity index (χ2v) is 6.13. The van der Waals surface area contributed by atoms with Crippen LogP contribution in [0.2, 0.25) is 0 Å². The van der Waals surface area contributed by atoms with Gasteiger partial charge in [0.2, 0.25) is 0 Å². The molecule has 1 saturated carbocycles. The molecule has 4 nitrogen and oxygen atoms in total. The van der Waals surface area contributed by atoms with Crippen LogP contribution >= 0.6 is 0 Å². The van der Waals surface area contributed by atoms with Crippen LogP contribution in [0.25, 0.3) is 0 Å². The SMILES string of the molecule is O[C@@H]1COCCN(Cc2ccc(OC3CCCC3)cc2)C1. The molecule has 0 radical (unpaired) electrons. The Labute approximate surface area is 126 Å². The highest BCUT2D eigenvalue weighted by Crippen LogP contribution is 2.24. The van der Waals surface area contributed by atoms with E-state index in [2.05, 4.69) is 29.2 Å². The predicted molar refractivity (Wildman–Crippen MR) is 81.4 cm³/mol. The second-order valence-electron chi connectivity index (χ2n) is 6.13. The summed E-state index contributed by atoms with van der Waals surface area (Å²) in [6, 6.07) is 8.39. The van der Waals surface area contributed by atoms with E-state index in [-0.39, 0.29) is 6.10 Å². The average molecular weight is 291 g/mol. The maximum atomic E-state index is 9.75. The molecular weight excluding hydrogens is 266 g/mol. The van der Waals surface area contributed by atoms with Gasteiger partial charge in [-0.05, 0) is 43.4 Å². The number of β-amino-alcohol motifs (C(OH)–C–C–N with tert-alkyl or cyclic N) is 1. The fourth-order valence-electron chi connectivity index (χ4n) is 3.13. The van der Waals surface area contributed by atoms with Crippen molar-refractivity contribution in [2.45, 2.75) is 44.4 Å². The van der Waals surface area contributed by atoms with Gasteiger partial charge in [0.25, 0.3) is 0 Å². The minimum atomic E-state index is -0.377. The van der Waals surface area contributed by atoms with Gasteiger partial charge in [-0.15, -0.1) is 0 Å². The van der Waals surface area contributed by atoms with Crippen LogP contribution in [-0.2, 0) is 11.3 Å². The minimum absolute atomic E-state index is 0.377. The predicted octanol–water partition coefficient (Wildman–Crippen LogP) is 2.20. The molecule has 116 valence electrons. The van der Waals surface area contributed by atoms with Crippen molar-refractivity contribution in [3.05, 3.63) is 29.8 Å². The first-order chi connectivity index (χ1) is 10.3. The quantitative estimate of drug-likeness (QED) is 0.923. The molecule has 0 amide bonds. The topological polar surface area (TPSA) is 41.9 Å². The molecule has 1 aliphatic heterocycles. The third-order valence-electron chi connectivity index (χ3n) is 4.27. The van der Waals surface area contributed by atoms with Crippen LogP contribution in [0.5, 0.6) is 5.75 Å². The summed E-state index contributed by atoms with van der Waals surface area (Å²) < 4.78 is 11.3. The van der Waals surface area contributed by atoms with Gasteiger partial charge in [0, 0.05) is 19.6 Å². The Morgan fingerprint density at radius 2 is 1.95 bits per heavy atom. The van der Waals surface area contributed by atoms with Crippen LogP contribution in [0.3, 0.4) is 0 Å². The zero-order chi connectivity index (χ0) is 14.5. The van der Waals surface area contributed by atoms with Crippen LogP contribution in [0.4, 0.5) is 0 Å². The van der Waals surface area contributed by atoms with E-state index >= 15 is 0 Å². The first kappa shape index (κ1) is 14.8. The lowest BCUT2D eigenvalue weighted by Gasteiger charge is -2.21. The number of ether oxygens (including phenoxy) is 2. The molecule has 1 aromatic carbocycles. The zero-order valence-electron chi connectivity index (χ0n) is 12.5. The first-order valence-corrected chi connectivity index (χ1v) is 8.03. The van der Waals surface area contributed by atoms with Gasteiger partial charge < -0.3 is 14.6 Å². The van der Waals surface area contributed by atoms with E-state index in [0.717, 1.165) is 18.8 Å². The summed E-state index contributed by atoms with van der Waals surface area (Å²) in [4.78, 5) is 2.24. The van der Waals surface area contributed by atoms with E-state index in [0.29, 0.717) is 25.9 Å². The van der Waals surface area contributed by atoms with E-state index in [1.807, 2.05) is 0 Å². The Morgan fingerprint density at radius 1 is 1.19 bits per heavy atom. The molecule has 1 N–H and O–H groups in total. The molecule has 3 rings (SSSR count). The molecule has 1 aliphatic carbocycles. The lowest BCUT2D eigenvalue weighted by Crippen LogP contribution is -2.32. The van der Waals surface area contributed by atoms with Crippen LogP contribution in [0.1, 0.15) is 31.2 Å². The van der Waals surface area contributed by atoms with E-state index in [1.165, 1.54) is 31.2 Å². The molecule has 1 atom stereocenters. The highest BCUT2D eigenvalue weighted by atomic mass is 16.5. The Hall–Kier alpha value is -1.10. The van der Waals surface area contributed by atoms with Gasteiger partial charge in [0.05, 0.1) is 25.4 Å². The fourth-order valence-corrected chi connectivity index (χ4v) is 3.13. The number of hydrogen-bond acceptors (Lipinski definition) is 4. The monoisotopic (exact) mass is 291 g/mol. The molecule has 2 aliphatic rings. The van der Waals surface area contributed by atoms with Crippen LogP contribution in [-0.4, -0.2) is 48.5 Å². The molecule has 2 fully saturated rings. The van der Waals surface area contributed by atoms with Gasteiger partial charge in [0.15, 0.2) is 0 Å². The Bertz CT molecular complexity index is 428. The third kappa shape index (κ3) is 4.43. The Balaban J connectivity index is 1.53. The Kier molecular flexibility index (Phi) is 5.12. The largest absolute Gasteiger partial charge is 0.490 e. The van der Waals surface area contributed by atoms with E-state index < -0.39 is 0 Å². The van der Waals surface area contributed by atoms with Crippen molar-refractivity contribution in [3.8, 4) is 5.75 Å². The summed E-state index contributed by atoms with van der Waals surface area (Å²) in [6.45, 7) is 3.55. The molecule has 0 bridgehead atoms.